The number of nitrogens with zero attached hydrogens (tertiary/aromatic N) is 3. The molecule has 1 aromatic heterocycles. The van der Waals surface area contributed by atoms with Gasteiger partial charge in [-0.15, -0.1) is 11.3 Å². The Morgan fingerprint density at radius 3 is 2.34 bits per heavy atom. The number of carbonyl (C=O) groups excluding carboxylic acids is 1. The highest BCUT2D eigenvalue weighted by Gasteiger charge is 2.18. The van der Waals surface area contributed by atoms with Crippen molar-refractivity contribution in [1.29, 1.82) is 0 Å². The Balaban J connectivity index is 1.93. The Morgan fingerprint density at radius 2 is 1.72 bits per heavy atom. The van der Waals surface area contributed by atoms with Crippen LogP contribution < -0.4 is 4.74 Å². The van der Waals surface area contributed by atoms with Crippen LogP contribution in [0.2, 0.25) is 0 Å². The van der Waals surface area contributed by atoms with Crippen LogP contribution in [0.25, 0.3) is 21.6 Å². The summed E-state index contributed by atoms with van der Waals surface area (Å²) in [5.41, 5.74) is 4.13. The second-order valence-electron chi connectivity index (χ2n) is 7.32. The first-order valence-corrected chi connectivity index (χ1v) is 11.5. The minimum Gasteiger partial charge on any atom is -0.496 e. The van der Waals surface area contributed by atoms with E-state index >= 15 is 0 Å². The van der Waals surface area contributed by atoms with Crippen LogP contribution in [0, 0.1) is 6.92 Å². The maximum Gasteiger partial charge on any atom is 0.287 e. The van der Waals surface area contributed by atoms with Gasteiger partial charge in [-0.25, -0.2) is 9.46 Å². The Bertz CT molecular complexity index is 1110. The molecule has 2 aromatic carbocycles. The molecule has 0 spiro atoms. The van der Waals surface area contributed by atoms with Crippen LogP contribution in [0.15, 0.2) is 57.8 Å². The molecule has 0 unspecified atom stereocenters. The second-order valence-corrected chi connectivity index (χ2v) is 9.24. The number of ether oxygens (including phenoxy) is 1. The summed E-state index contributed by atoms with van der Waals surface area (Å²) < 4.78 is 9.95. The number of benzene rings is 2. The van der Waals surface area contributed by atoms with Gasteiger partial charge in [-0.2, -0.15) is 0 Å². The predicted octanol–water partition coefficient (Wildman–Crippen LogP) is 5.63. The first kappa shape index (κ1) is 23.8. The maximum atomic E-state index is 12.5. The van der Waals surface area contributed by atoms with E-state index in [9.17, 15) is 4.79 Å². The van der Waals surface area contributed by atoms with Crippen molar-refractivity contribution < 1.29 is 14.4 Å². The minimum atomic E-state index is -0.161. The van der Waals surface area contributed by atoms with E-state index in [4.69, 9.17) is 9.57 Å². The first-order chi connectivity index (χ1) is 15.3. The van der Waals surface area contributed by atoms with Gasteiger partial charge in [-0.3, -0.25) is 9.63 Å². The lowest BCUT2D eigenvalue weighted by Crippen LogP contribution is -2.24. The van der Waals surface area contributed by atoms with E-state index in [1.165, 1.54) is 35.5 Å². The Hall–Kier alpha value is -2.81. The van der Waals surface area contributed by atoms with Crippen molar-refractivity contribution in [3.05, 3.63) is 59.0 Å². The molecule has 1 amide bonds. The highest BCUT2D eigenvalue weighted by molar-refractivity contribution is 7.98. The fraction of sp³-hybridized carbons (Fsp3) is 0.250. The normalized spacial score (nSPS) is 11.1. The van der Waals surface area contributed by atoms with Gasteiger partial charge in [0.05, 0.1) is 25.4 Å². The van der Waals surface area contributed by atoms with Gasteiger partial charge in [0.1, 0.15) is 5.75 Å². The summed E-state index contributed by atoms with van der Waals surface area (Å²) in [7, 11) is 8.64. The van der Waals surface area contributed by atoms with Crippen molar-refractivity contribution >= 4 is 35.5 Å². The van der Waals surface area contributed by atoms with E-state index in [-0.39, 0.29) is 5.91 Å². The molecule has 0 N–H and O–H groups in total. The smallest absolute Gasteiger partial charge is 0.287 e. The quantitative estimate of drug-likeness (QED) is 0.185. The summed E-state index contributed by atoms with van der Waals surface area (Å²) in [6.07, 6.45) is 1.78. The zero-order valence-corrected chi connectivity index (χ0v) is 20.7. The van der Waals surface area contributed by atoms with Gasteiger partial charge < -0.3 is 9.64 Å². The van der Waals surface area contributed by atoms with Crippen LogP contribution in [0.3, 0.4) is 0 Å². The number of hydrogen-bond donors (Lipinski definition) is 0. The molecule has 0 atom stereocenters. The van der Waals surface area contributed by atoms with Crippen LogP contribution in [-0.4, -0.2) is 57.6 Å². The largest absolute Gasteiger partial charge is 0.496 e. The molecule has 0 radical (unpaired) electrons. The van der Waals surface area contributed by atoms with Gasteiger partial charge in [0.15, 0.2) is 0 Å². The molecule has 3 rings (SSSR count). The van der Waals surface area contributed by atoms with Gasteiger partial charge >= 0.3 is 0 Å². The van der Waals surface area contributed by atoms with Crippen LogP contribution >= 0.6 is 23.3 Å². The van der Waals surface area contributed by atoms with Crippen molar-refractivity contribution in [2.24, 2.45) is 4.40 Å². The minimum absolute atomic E-state index is 0.161. The fourth-order valence-corrected chi connectivity index (χ4v) is 4.81. The number of rotatable bonds is 8. The zero-order chi connectivity index (χ0) is 23.3. The van der Waals surface area contributed by atoms with Crippen LogP contribution in [0.5, 0.6) is 5.75 Å². The number of hydroxylamine groups is 2. The van der Waals surface area contributed by atoms with Crippen LogP contribution in [0.1, 0.15) is 15.2 Å². The van der Waals surface area contributed by atoms with E-state index in [1.54, 1.807) is 20.5 Å². The standard InChI is InChI=1S/C24H27N3O3S2/c1-16-13-22(24(28)27(4)30-6)31-23(16)18-9-12-21(29-5)20(14-18)17-7-10-19(11-8-17)32-25-15-26(2)3/h7-15H,1-6H3/b25-15+. The third-order valence-electron chi connectivity index (χ3n) is 4.75. The number of hydrogen-bond acceptors (Lipinski definition) is 6. The summed E-state index contributed by atoms with van der Waals surface area (Å²) in [6, 6.07) is 16.2. The van der Waals surface area contributed by atoms with E-state index < -0.39 is 0 Å². The Labute approximate surface area is 197 Å². The topological polar surface area (TPSA) is 54.4 Å². The second kappa shape index (κ2) is 10.7. The molecule has 0 aliphatic carbocycles. The van der Waals surface area contributed by atoms with Crippen LogP contribution in [-0.2, 0) is 4.84 Å². The number of thiophene rings is 1. The third-order valence-corrected chi connectivity index (χ3v) is 6.71. The monoisotopic (exact) mass is 469 g/mol. The molecule has 8 heteroatoms. The predicted molar refractivity (Wildman–Crippen MR) is 134 cm³/mol. The number of amides is 1. The van der Waals surface area contributed by atoms with Crippen LogP contribution in [0.4, 0.5) is 0 Å². The summed E-state index contributed by atoms with van der Waals surface area (Å²) in [5.74, 6) is 0.634. The summed E-state index contributed by atoms with van der Waals surface area (Å²) in [6.45, 7) is 2.01. The van der Waals surface area contributed by atoms with Gasteiger partial charge in [-0.1, -0.05) is 12.1 Å². The van der Waals surface area contributed by atoms with E-state index in [0.717, 1.165) is 37.8 Å². The molecule has 0 saturated heterocycles. The molecule has 3 aromatic rings. The molecule has 0 aliphatic heterocycles. The highest BCUT2D eigenvalue weighted by Crippen LogP contribution is 2.39. The van der Waals surface area contributed by atoms with E-state index in [0.29, 0.717) is 4.88 Å². The van der Waals surface area contributed by atoms with Gasteiger partial charge in [0.25, 0.3) is 5.91 Å². The fourth-order valence-electron chi connectivity index (χ4n) is 3.06. The molecular formula is C24H27N3O3S2. The maximum absolute atomic E-state index is 12.5. The molecule has 168 valence electrons. The molecule has 6 nitrogen and oxygen atoms in total. The lowest BCUT2D eigenvalue weighted by molar-refractivity contribution is -0.0753. The van der Waals surface area contributed by atoms with Gasteiger partial charge in [-0.05, 0) is 60.0 Å². The van der Waals surface area contributed by atoms with Crippen molar-refractivity contribution in [2.45, 2.75) is 11.8 Å². The number of carbonyl (C=O) groups is 1. The average Bonchev–Trinajstić information content (AvgIpc) is 3.19. The lowest BCUT2D eigenvalue weighted by atomic mass is 10.0. The SMILES string of the molecule is COc1ccc(-c2sc(C(=O)N(C)OC)cc2C)cc1-c1ccc(S/N=C/N(C)C)cc1. The third kappa shape index (κ3) is 5.51. The number of methoxy groups -OCH3 is 1. The summed E-state index contributed by atoms with van der Waals surface area (Å²) >= 11 is 2.89. The molecular weight excluding hydrogens is 442 g/mol. The molecule has 1 heterocycles. The zero-order valence-electron chi connectivity index (χ0n) is 19.1. The van der Waals surface area contributed by atoms with E-state index in [2.05, 4.69) is 22.6 Å². The van der Waals surface area contributed by atoms with Gasteiger partial charge in [0.2, 0.25) is 0 Å². The number of aryl methyl sites for hydroxylation is 1. The summed E-state index contributed by atoms with van der Waals surface area (Å²) in [4.78, 5) is 22.2. The molecule has 0 aliphatic rings. The molecule has 32 heavy (non-hydrogen) atoms. The van der Waals surface area contributed by atoms with Crippen molar-refractivity contribution in [1.82, 2.24) is 9.96 Å². The van der Waals surface area contributed by atoms with Crippen molar-refractivity contribution in [2.75, 3.05) is 35.4 Å². The average molecular weight is 470 g/mol. The van der Waals surface area contributed by atoms with E-state index in [1.807, 2.05) is 56.3 Å². The highest BCUT2D eigenvalue weighted by atomic mass is 32.2. The summed E-state index contributed by atoms with van der Waals surface area (Å²) in [5, 5.41) is 1.23. The van der Waals surface area contributed by atoms with Gasteiger partial charge in [0, 0.05) is 48.4 Å². The molecule has 0 saturated carbocycles. The Morgan fingerprint density at radius 1 is 1.03 bits per heavy atom. The molecule has 0 fully saturated rings. The Kier molecular flexibility index (Phi) is 7.95. The van der Waals surface area contributed by atoms with Crippen molar-refractivity contribution in [3.8, 4) is 27.3 Å². The first-order valence-electron chi connectivity index (χ1n) is 9.92. The van der Waals surface area contributed by atoms with Crippen molar-refractivity contribution in [3.63, 3.8) is 0 Å². The molecule has 0 bridgehead atoms. The lowest BCUT2D eigenvalue weighted by Gasteiger charge is -2.12.